The second kappa shape index (κ2) is 11.6. The number of ether oxygens (including phenoxy) is 1. The summed E-state index contributed by atoms with van der Waals surface area (Å²) < 4.78 is 24.8. The lowest BCUT2D eigenvalue weighted by atomic mass is 9.87. The van der Waals surface area contributed by atoms with Gasteiger partial charge >= 0.3 is 0 Å². The van der Waals surface area contributed by atoms with Crippen molar-refractivity contribution in [2.75, 3.05) is 6.54 Å². The van der Waals surface area contributed by atoms with Gasteiger partial charge in [0.25, 0.3) is 5.91 Å². The molecule has 1 aromatic heterocycles. The van der Waals surface area contributed by atoms with E-state index in [1.165, 1.54) is 17.7 Å². The summed E-state index contributed by atoms with van der Waals surface area (Å²) in [5, 5.41) is 2.77. The van der Waals surface area contributed by atoms with Crippen LogP contribution in [0.5, 0.6) is 5.75 Å². The lowest BCUT2D eigenvalue weighted by molar-refractivity contribution is -0.132. The monoisotopic (exact) mass is 526 g/mol. The second-order valence-electron chi connectivity index (χ2n) is 9.73. The number of hydrogen-bond acceptors (Lipinski definition) is 4. The number of halogens is 1. The van der Waals surface area contributed by atoms with Gasteiger partial charge in [-0.05, 0) is 72.0 Å². The van der Waals surface area contributed by atoms with Crippen LogP contribution in [0.15, 0.2) is 83.3 Å². The minimum absolute atomic E-state index is 0.124. The number of hydrogen-bond donors (Lipinski definition) is 1. The highest BCUT2D eigenvalue weighted by atomic mass is 19.1. The van der Waals surface area contributed by atoms with Crippen molar-refractivity contribution in [1.29, 1.82) is 0 Å². The van der Waals surface area contributed by atoms with E-state index in [1.54, 1.807) is 24.3 Å². The van der Waals surface area contributed by atoms with Gasteiger partial charge in [-0.3, -0.25) is 9.59 Å². The lowest BCUT2D eigenvalue weighted by Crippen LogP contribution is -2.40. The molecule has 1 N–H and O–H groups in total. The van der Waals surface area contributed by atoms with Gasteiger partial charge in [-0.25, -0.2) is 4.39 Å². The molecule has 0 saturated heterocycles. The Hall–Kier alpha value is -4.39. The summed E-state index contributed by atoms with van der Waals surface area (Å²) in [5.74, 6) is 0.792. The highest BCUT2D eigenvalue weighted by molar-refractivity contribution is 5.91. The third-order valence-corrected chi connectivity index (χ3v) is 6.96. The van der Waals surface area contributed by atoms with Gasteiger partial charge in [0.05, 0.1) is 6.04 Å². The molecule has 2 heterocycles. The van der Waals surface area contributed by atoms with Gasteiger partial charge in [0.2, 0.25) is 5.91 Å². The molecule has 5 rings (SSSR count). The highest BCUT2D eigenvalue weighted by Crippen LogP contribution is 2.38. The standard InChI is InChI=1S/C32H31FN2O4/c1-3-30(36)35-16-15-23-9-12-26(18-28(23)31(35)24-6-4-5-21(2)17-24)38-20-27-13-14-29(39-27)32(37)34-19-22-7-10-25(33)11-8-22/h4-14,17-18,31H,3,15-16,19-20H2,1-2H3,(H,34,37). The quantitative estimate of drug-likeness (QED) is 0.300. The fourth-order valence-corrected chi connectivity index (χ4v) is 4.96. The number of carbonyl (C=O) groups is 2. The van der Waals surface area contributed by atoms with E-state index < -0.39 is 0 Å². The Bertz CT molecular complexity index is 1480. The molecule has 0 radical (unpaired) electrons. The number of furan rings is 1. The maximum absolute atomic E-state index is 13.1. The number of nitrogens with zero attached hydrogens (tertiary/aromatic N) is 1. The summed E-state index contributed by atoms with van der Waals surface area (Å²) in [5.41, 5.74) is 5.28. The average Bonchev–Trinajstić information content (AvgIpc) is 3.43. The number of fused-ring (bicyclic) bond motifs is 1. The van der Waals surface area contributed by atoms with Crippen LogP contribution in [0.1, 0.15) is 63.5 Å². The third kappa shape index (κ3) is 6.03. The molecule has 4 aromatic rings. The van der Waals surface area contributed by atoms with E-state index in [0.29, 0.717) is 24.5 Å². The molecule has 3 aromatic carbocycles. The summed E-state index contributed by atoms with van der Waals surface area (Å²) in [7, 11) is 0. The maximum Gasteiger partial charge on any atom is 0.287 e. The first kappa shape index (κ1) is 26.2. The van der Waals surface area contributed by atoms with Gasteiger partial charge in [0, 0.05) is 19.5 Å². The molecule has 39 heavy (non-hydrogen) atoms. The van der Waals surface area contributed by atoms with Crippen molar-refractivity contribution in [2.45, 2.75) is 45.9 Å². The molecule has 7 heteroatoms. The molecular formula is C32H31FN2O4. The summed E-state index contributed by atoms with van der Waals surface area (Å²) in [6.07, 6.45) is 1.24. The largest absolute Gasteiger partial charge is 0.486 e. The number of nitrogens with one attached hydrogen (secondary N) is 1. The molecule has 0 aliphatic carbocycles. The minimum Gasteiger partial charge on any atom is -0.486 e. The van der Waals surface area contributed by atoms with Crippen LogP contribution in [0.3, 0.4) is 0 Å². The molecule has 0 bridgehead atoms. The van der Waals surface area contributed by atoms with Gasteiger partial charge in [0.15, 0.2) is 5.76 Å². The van der Waals surface area contributed by atoms with Crippen LogP contribution in [0, 0.1) is 12.7 Å². The van der Waals surface area contributed by atoms with E-state index in [2.05, 4.69) is 36.5 Å². The summed E-state index contributed by atoms with van der Waals surface area (Å²) in [6.45, 7) is 5.04. The SMILES string of the molecule is CCC(=O)N1CCc2ccc(OCc3ccc(C(=O)NCc4ccc(F)cc4)o3)cc2C1c1cccc(C)c1. The Labute approximate surface area is 227 Å². The van der Waals surface area contributed by atoms with Crippen molar-refractivity contribution in [3.05, 3.63) is 124 Å². The predicted octanol–water partition coefficient (Wildman–Crippen LogP) is 6.12. The number of rotatable bonds is 8. The van der Waals surface area contributed by atoms with Gasteiger partial charge in [-0.15, -0.1) is 0 Å². The van der Waals surface area contributed by atoms with Crippen LogP contribution in [0.25, 0.3) is 0 Å². The number of aryl methyl sites for hydroxylation is 1. The molecule has 0 saturated carbocycles. The number of carbonyl (C=O) groups excluding carboxylic acids is 2. The first-order valence-electron chi connectivity index (χ1n) is 13.1. The van der Waals surface area contributed by atoms with E-state index in [4.69, 9.17) is 9.15 Å². The van der Waals surface area contributed by atoms with Gasteiger partial charge in [-0.2, -0.15) is 0 Å². The first-order chi connectivity index (χ1) is 18.9. The van der Waals surface area contributed by atoms with Crippen molar-refractivity contribution >= 4 is 11.8 Å². The predicted molar refractivity (Wildman–Crippen MR) is 146 cm³/mol. The van der Waals surface area contributed by atoms with Crippen molar-refractivity contribution < 1.29 is 23.1 Å². The Balaban J connectivity index is 1.29. The van der Waals surface area contributed by atoms with Crippen LogP contribution < -0.4 is 10.1 Å². The van der Waals surface area contributed by atoms with Gasteiger partial charge in [0.1, 0.15) is 23.9 Å². The molecule has 1 aliphatic heterocycles. The number of benzene rings is 3. The van der Waals surface area contributed by atoms with Crippen LogP contribution >= 0.6 is 0 Å². The Morgan fingerprint density at radius 2 is 1.87 bits per heavy atom. The van der Waals surface area contributed by atoms with E-state index >= 15 is 0 Å². The summed E-state index contributed by atoms with van der Waals surface area (Å²) in [6, 6.07) is 23.4. The smallest absolute Gasteiger partial charge is 0.287 e. The van der Waals surface area contributed by atoms with Crippen LogP contribution in [0.4, 0.5) is 4.39 Å². The second-order valence-corrected chi connectivity index (χ2v) is 9.73. The molecule has 0 spiro atoms. The molecule has 1 atom stereocenters. The van der Waals surface area contributed by atoms with Crippen molar-refractivity contribution in [3.63, 3.8) is 0 Å². The summed E-state index contributed by atoms with van der Waals surface area (Å²) in [4.78, 5) is 27.3. The minimum atomic E-state index is -0.360. The zero-order valence-electron chi connectivity index (χ0n) is 22.1. The summed E-state index contributed by atoms with van der Waals surface area (Å²) >= 11 is 0. The molecule has 0 fully saturated rings. The number of amides is 2. The molecule has 1 aliphatic rings. The topological polar surface area (TPSA) is 71.8 Å². The van der Waals surface area contributed by atoms with Crippen molar-refractivity contribution in [3.8, 4) is 5.75 Å². The zero-order chi connectivity index (χ0) is 27.4. The third-order valence-electron chi connectivity index (χ3n) is 6.96. The van der Waals surface area contributed by atoms with E-state index in [9.17, 15) is 14.0 Å². The molecule has 2 amide bonds. The van der Waals surface area contributed by atoms with Crippen LogP contribution in [0.2, 0.25) is 0 Å². The van der Waals surface area contributed by atoms with Crippen LogP contribution in [-0.4, -0.2) is 23.3 Å². The van der Waals surface area contributed by atoms with Gasteiger partial charge in [-0.1, -0.05) is 55.0 Å². The van der Waals surface area contributed by atoms with Gasteiger partial charge < -0.3 is 19.4 Å². The van der Waals surface area contributed by atoms with E-state index in [0.717, 1.165) is 28.7 Å². The average molecular weight is 527 g/mol. The fraction of sp³-hybridized carbons (Fsp3) is 0.250. The maximum atomic E-state index is 13.1. The molecular weight excluding hydrogens is 495 g/mol. The van der Waals surface area contributed by atoms with E-state index in [-0.39, 0.29) is 42.6 Å². The molecule has 200 valence electrons. The van der Waals surface area contributed by atoms with Crippen molar-refractivity contribution in [1.82, 2.24) is 10.2 Å². The van der Waals surface area contributed by atoms with Crippen molar-refractivity contribution in [2.24, 2.45) is 0 Å². The Morgan fingerprint density at radius 1 is 1.05 bits per heavy atom. The molecule has 1 unspecified atom stereocenters. The Kier molecular flexibility index (Phi) is 7.77. The van der Waals surface area contributed by atoms with E-state index in [1.807, 2.05) is 30.0 Å². The normalized spacial score (nSPS) is 14.5. The van der Waals surface area contributed by atoms with Crippen LogP contribution in [-0.2, 0) is 24.4 Å². The zero-order valence-corrected chi connectivity index (χ0v) is 22.1. The first-order valence-corrected chi connectivity index (χ1v) is 13.1. The fourth-order valence-electron chi connectivity index (χ4n) is 4.96. The molecule has 6 nitrogen and oxygen atoms in total. The lowest BCUT2D eigenvalue weighted by Gasteiger charge is -2.38. The highest BCUT2D eigenvalue weighted by Gasteiger charge is 2.31. The Morgan fingerprint density at radius 3 is 2.64 bits per heavy atom.